The second kappa shape index (κ2) is 8.62. The first-order chi connectivity index (χ1) is 12.2. The van der Waals surface area contributed by atoms with E-state index in [-0.39, 0.29) is 11.9 Å². The number of rotatable bonds is 6. The first-order valence-electron chi connectivity index (χ1n) is 8.95. The van der Waals surface area contributed by atoms with E-state index in [4.69, 9.17) is 0 Å². The lowest BCUT2D eigenvalue weighted by Crippen LogP contribution is -2.49. The van der Waals surface area contributed by atoms with Crippen molar-refractivity contribution in [1.82, 2.24) is 15.2 Å². The Labute approximate surface area is 149 Å². The van der Waals surface area contributed by atoms with Crippen molar-refractivity contribution in [3.05, 3.63) is 60.4 Å². The summed E-state index contributed by atoms with van der Waals surface area (Å²) in [5.74, 6) is 0.235. The van der Waals surface area contributed by atoms with Crippen LogP contribution in [0.3, 0.4) is 0 Å². The average molecular weight is 338 g/mol. The van der Waals surface area contributed by atoms with E-state index in [1.165, 1.54) is 5.69 Å². The number of amides is 1. The Balaban J connectivity index is 1.39. The van der Waals surface area contributed by atoms with Crippen molar-refractivity contribution in [2.45, 2.75) is 19.4 Å². The van der Waals surface area contributed by atoms with Gasteiger partial charge in [-0.25, -0.2) is 0 Å². The molecule has 1 saturated heterocycles. The number of piperazine rings is 1. The molecule has 1 N–H and O–H groups in total. The summed E-state index contributed by atoms with van der Waals surface area (Å²) in [5, 5.41) is 3.41. The molecule has 0 radical (unpaired) electrons. The molecule has 3 rings (SSSR count). The molecule has 5 nitrogen and oxygen atoms in total. The number of hydrogen-bond donors (Lipinski definition) is 1. The normalized spacial score (nSPS) is 15.9. The van der Waals surface area contributed by atoms with Gasteiger partial charge in [0, 0.05) is 63.3 Å². The van der Waals surface area contributed by atoms with E-state index in [1.807, 2.05) is 23.2 Å². The highest BCUT2D eigenvalue weighted by molar-refractivity contribution is 5.76. The smallest absolute Gasteiger partial charge is 0.223 e. The van der Waals surface area contributed by atoms with E-state index in [0.717, 1.165) is 31.7 Å². The second-order valence-corrected chi connectivity index (χ2v) is 6.42. The molecule has 1 aromatic carbocycles. The van der Waals surface area contributed by atoms with Crippen LogP contribution in [0.4, 0.5) is 5.69 Å². The fourth-order valence-electron chi connectivity index (χ4n) is 3.16. The first kappa shape index (κ1) is 17.4. The van der Waals surface area contributed by atoms with Gasteiger partial charge in [0.05, 0.1) is 0 Å². The van der Waals surface area contributed by atoms with Gasteiger partial charge >= 0.3 is 0 Å². The maximum atomic E-state index is 12.4. The number of carbonyl (C=O) groups is 1. The average Bonchev–Trinajstić information content (AvgIpc) is 2.69. The molecule has 2 heterocycles. The number of aromatic nitrogens is 1. The van der Waals surface area contributed by atoms with Gasteiger partial charge in [-0.1, -0.05) is 24.3 Å². The number of benzene rings is 1. The van der Waals surface area contributed by atoms with Gasteiger partial charge in [0.2, 0.25) is 5.91 Å². The topological polar surface area (TPSA) is 48.5 Å². The Morgan fingerprint density at radius 1 is 1.12 bits per heavy atom. The summed E-state index contributed by atoms with van der Waals surface area (Å²) in [6.45, 7) is 6.18. The van der Waals surface area contributed by atoms with Gasteiger partial charge in [-0.2, -0.15) is 0 Å². The van der Waals surface area contributed by atoms with Crippen LogP contribution in [-0.2, 0) is 4.79 Å². The first-order valence-corrected chi connectivity index (χ1v) is 8.95. The predicted octanol–water partition coefficient (Wildman–Crippen LogP) is 2.47. The van der Waals surface area contributed by atoms with Gasteiger partial charge < -0.3 is 15.1 Å². The van der Waals surface area contributed by atoms with Crippen LogP contribution in [0.15, 0.2) is 54.9 Å². The van der Waals surface area contributed by atoms with Crippen LogP contribution >= 0.6 is 0 Å². The predicted molar refractivity (Wildman–Crippen MR) is 101 cm³/mol. The van der Waals surface area contributed by atoms with Crippen LogP contribution < -0.4 is 10.2 Å². The SMILES string of the molecule is C[C@@H](NCCC(=O)N1CCN(c2ccccc2)CC1)c1cccnc1. The largest absolute Gasteiger partial charge is 0.368 e. The minimum absolute atomic E-state index is 0.205. The number of nitrogens with one attached hydrogen (secondary N) is 1. The lowest BCUT2D eigenvalue weighted by molar-refractivity contribution is -0.131. The van der Waals surface area contributed by atoms with E-state index in [2.05, 4.69) is 52.5 Å². The van der Waals surface area contributed by atoms with Gasteiger partial charge in [-0.15, -0.1) is 0 Å². The highest BCUT2D eigenvalue weighted by Gasteiger charge is 2.20. The van der Waals surface area contributed by atoms with Crippen molar-refractivity contribution < 1.29 is 4.79 Å². The van der Waals surface area contributed by atoms with Crippen molar-refractivity contribution in [1.29, 1.82) is 0 Å². The summed E-state index contributed by atoms with van der Waals surface area (Å²) in [6, 6.07) is 14.6. The van der Waals surface area contributed by atoms with Gasteiger partial charge in [-0.05, 0) is 30.7 Å². The quantitative estimate of drug-likeness (QED) is 0.879. The summed E-state index contributed by atoms with van der Waals surface area (Å²) >= 11 is 0. The minimum atomic E-state index is 0.205. The highest BCUT2D eigenvalue weighted by Crippen LogP contribution is 2.16. The van der Waals surface area contributed by atoms with Crippen LogP contribution in [0.5, 0.6) is 0 Å². The molecule has 1 fully saturated rings. The Bertz CT molecular complexity index is 654. The Morgan fingerprint density at radius 2 is 1.88 bits per heavy atom. The molecule has 1 aliphatic heterocycles. The number of pyridine rings is 1. The van der Waals surface area contributed by atoms with E-state index < -0.39 is 0 Å². The maximum absolute atomic E-state index is 12.4. The van der Waals surface area contributed by atoms with Crippen LogP contribution in [0.2, 0.25) is 0 Å². The van der Waals surface area contributed by atoms with Gasteiger partial charge in [-0.3, -0.25) is 9.78 Å². The van der Waals surface area contributed by atoms with E-state index in [0.29, 0.717) is 13.0 Å². The van der Waals surface area contributed by atoms with Crippen LogP contribution in [0.1, 0.15) is 24.9 Å². The Morgan fingerprint density at radius 3 is 2.56 bits per heavy atom. The van der Waals surface area contributed by atoms with Crippen molar-refractivity contribution >= 4 is 11.6 Å². The Kier molecular flexibility index (Phi) is 6.01. The minimum Gasteiger partial charge on any atom is -0.368 e. The standard InChI is InChI=1S/C20H26N4O/c1-17(18-6-5-10-21-16-18)22-11-9-20(25)24-14-12-23(13-15-24)19-7-3-2-4-8-19/h2-8,10,16-17,22H,9,11-15H2,1H3/t17-/m1/s1. The van der Waals surface area contributed by atoms with Crippen LogP contribution in [-0.4, -0.2) is 48.5 Å². The van der Waals surface area contributed by atoms with Gasteiger partial charge in [0.25, 0.3) is 0 Å². The molecule has 132 valence electrons. The monoisotopic (exact) mass is 338 g/mol. The third-order valence-electron chi connectivity index (χ3n) is 4.73. The zero-order valence-corrected chi connectivity index (χ0v) is 14.8. The van der Waals surface area contributed by atoms with Crippen molar-refractivity contribution in [2.24, 2.45) is 0 Å². The number of nitrogens with zero attached hydrogens (tertiary/aromatic N) is 3. The zero-order valence-electron chi connectivity index (χ0n) is 14.8. The fraction of sp³-hybridized carbons (Fsp3) is 0.400. The van der Waals surface area contributed by atoms with Crippen molar-refractivity contribution in [3.8, 4) is 0 Å². The molecule has 0 aliphatic carbocycles. The summed E-state index contributed by atoms with van der Waals surface area (Å²) in [7, 11) is 0. The zero-order chi connectivity index (χ0) is 17.5. The highest BCUT2D eigenvalue weighted by atomic mass is 16.2. The lowest BCUT2D eigenvalue weighted by Gasteiger charge is -2.36. The van der Waals surface area contributed by atoms with E-state index in [1.54, 1.807) is 6.20 Å². The number of anilines is 1. The molecule has 2 aromatic rings. The van der Waals surface area contributed by atoms with E-state index >= 15 is 0 Å². The summed E-state index contributed by atoms with van der Waals surface area (Å²) in [6.07, 6.45) is 4.17. The number of para-hydroxylation sites is 1. The Hall–Kier alpha value is -2.40. The molecule has 1 amide bonds. The third-order valence-corrected chi connectivity index (χ3v) is 4.73. The summed E-state index contributed by atoms with van der Waals surface area (Å²) in [5.41, 5.74) is 2.38. The molecule has 5 heteroatoms. The summed E-state index contributed by atoms with van der Waals surface area (Å²) in [4.78, 5) is 20.9. The molecule has 25 heavy (non-hydrogen) atoms. The van der Waals surface area contributed by atoms with Crippen LogP contribution in [0, 0.1) is 0 Å². The fourth-order valence-corrected chi connectivity index (χ4v) is 3.16. The molecule has 1 atom stereocenters. The summed E-state index contributed by atoms with van der Waals surface area (Å²) < 4.78 is 0. The molecule has 1 aliphatic rings. The molecule has 1 aromatic heterocycles. The molecule has 0 spiro atoms. The second-order valence-electron chi connectivity index (χ2n) is 6.42. The molecular formula is C20H26N4O. The maximum Gasteiger partial charge on any atom is 0.223 e. The third kappa shape index (κ3) is 4.79. The lowest BCUT2D eigenvalue weighted by atomic mass is 10.1. The van der Waals surface area contributed by atoms with E-state index in [9.17, 15) is 4.79 Å². The molecule has 0 bridgehead atoms. The van der Waals surface area contributed by atoms with Crippen LogP contribution in [0.25, 0.3) is 0 Å². The molecule has 0 unspecified atom stereocenters. The molecule has 0 saturated carbocycles. The van der Waals surface area contributed by atoms with Gasteiger partial charge in [0.1, 0.15) is 0 Å². The van der Waals surface area contributed by atoms with Gasteiger partial charge in [0.15, 0.2) is 0 Å². The number of hydrogen-bond acceptors (Lipinski definition) is 4. The van der Waals surface area contributed by atoms with Crippen molar-refractivity contribution in [2.75, 3.05) is 37.6 Å². The molecular weight excluding hydrogens is 312 g/mol. The van der Waals surface area contributed by atoms with Crippen molar-refractivity contribution in [3.63, 3.8) is 0 Å². The number of carbonyl (C=O) groups excluding carboxylic acids is 1.